The first-order chi connectivity index (χ1) is 9.54. The van der Waals surface area contributed by atoms with E-state index in [-0.39, 0.29) is 0 Å². The van der Waals surface area contributed by atoms with Crippen LogP contribution < -0.4 is 0 Å². The Labute approximate surface area is 129 Å². The van der Waals surface area contributed by atoms with Crippen LogP contribution >= 0.6 is 0 Å². The first-order valence-corrected chi connectivity index (χ1v) is 9.16. The normalized spacial score (nSPS) is 10.8. The molecule has 0 atom stereocenters. The molecular formula is C19H42O. The summed E-state index contributed by atoms with van der Waals surface area (Å²) >= 11 is 0. The van der Waals surface area contributed by atoms with Crippen LogP contribution in [0.4, 0.5) is 0 Å². The lowest BCUT2D eigenvalue weighted by Crippen LogP contribution is -2.03. The third-order valence-corrected chi connectivity index (χ3v) is 3.33. The third-order valence-electron chi connectivity index (χ3n) is 3.33. The van der Waals surface area contributed by atoms with Gasteiger partial charge >= 0.3 is 0 Å². The smallest absolute Gasteiger partial charge is 0.0518 e. The summed E-state index contributed by atoms with van der Waals surface area (Å²) in [4.78, 5) is 0. The van der Waals surface area contributed by atoms with Crippen LogP contribution in [0.1, 0.15) is 106 Å². The monoisotopic (exact) mass is 286 g/mol. The topological polar surface area (TPSA) is 9.23 Å². The van der Waals surface area contributed by atoms with Crippen LogP contribution in [0.15, 0.2) is 0 Å². The number of unbranched alkanes of at least 4 members (excludes halogenated alkanes) is 7. The van der Waals surface area contributed by atoms with Gasteiger partial charge in [0.25, 0.3) is 0 Å². The van der Waals surface area contributed by atoms with E-state index >= 15 is 0 Å². The van der Waals surface area contributed by atoms with Crippen molar-refractivity contribution in [3.05, 3.63) is 0 Å². The van der Waals surface area contributed by atoms with Crippen molar-refractivity contribution in [2.24, 2.45) is 5.92 Å². The van der Waals surface area contributed by atoms with E-state index in [0.29, 0.717) is 6.10 Å². The average molecular weight is 287 g/mol. The minimum atomic E-state index is 0.404. The molecule has 0 aliphatic carbocycles. The molecule has 0 heterocycles. The number of rotatable bonds is 12. The van der Waals surface area contributed by atoms with E-state index in [1.54, 1.807) is 0 Å². The van der Waals surface area contributed by atoms with Gasteiger partial charge in [0, 0.05) is 6.61 Å². The molecule has 1 heteroatoms. The predicted molar refractivity (Wildman–Crippen MR) is 93.4 cm³/mol. The van der Waals surface area contributed by atoms with Crippen LogP contribution in [0.2, 0.25) is 0 Å². The van der Waals surface area contributed by atoms with Crippen LogP contribution in [-0.4, -0.2) is 12.7 Å². The molecule has 0 bridgehead atoms. The third kappa shape index (κ3) is 26.5. The summed E-state index contributed by atoms with van der Waals surface area (Å²) in [6, 6.07) is 0. The van der Waals surface area contributed by atoms with Crippen molar-refractivity contribution in [2.45, 2.75) is 112 Å². The summed E-state index contributed by atoms with van der Waals surface area (Å²) in [5.41, 5.74) is 0. The van der Waals surface area contributed by atoms with Gasteiger partial charge in [-0.15, -0.1) is 0 Å². The Morgan fingerprint density at radius 2 is 1.15 bits per heavy atom. The molecule has 0 radical (unpaired) electrons. The van der Waals surface area contributed by atoms with Crippen molar-refractivity contribution >= 4 is 0 Å². The molecule has 0 N–H and O–H groups in total. The second-order valence-electron chi connectivity index (χ2n) is 6.58. The van der Waals surface area contributed by atoms with Gasteiger partial charge in [0.05, 0.1) is 6.10 Å². The van der Waals surface area contributed by atoms with Gasteiger partial charge in [-0.1, -0.05) is 85.5 Å². The summed E-state index contributed by atoms with van der Waals surface area (Å²) < 4.78 is 5.39. The van der Waals surface area contributed by atoms with Crippen molar-refractivity contribution in [3.8, 4) is 0 Å². The Bertz CT molecular complexity index is 134. The van der Waals surface area contributed by atoms with Gasteiger partial charge < -0.3 is 4.74 Å². The second kappa shape index (κ2) is 19.0. The van der Waals surface area contributed by atoms with Crippen LogP contribution in [0.3, 0.4) is 0 Å². The van der Waals surface area contributed by atoms with E-state index in [2.05, 4.69) is 41.5 Å². The molecule has 0 fully saturated rings. The molecule has 0 aromatic heterocycles. The van der Waals surface area contributed by atoms with Crippen molar-refractivity contribution in [1.29, 1.82) is 0 Å². The SMILES string of the molecule is CCCCCCCC(C)C.CCCCCCOC(C)C. The maximum Gasteiger partial charge on any atom is 0.0518 e. The molecule has 0 aromatic carbocycles. The molecule has 0 rings (SSSR count). The van der Waals surface area contributed by atoms with Gasteiger partial charge in [-0.25, -0.2) is 0 Å². The molecular weight excluding hydrogens is 244 g/mol. The summed E-state index contributed by atoms with van der Waals surface area (Å²) in [6.45, 7) is 14.2. The van der Waals surface area contributed by atoms with Gasteiger partial charge in [-0.2, -0.15) is 0 Å². The summed E-state index contributed by atoms with van der Waals surface area (Å²) in [5.74, 6) is 0.904. The fourth-order valence-corrected chi connectivity index (χ4v) is 2.00. The minimum absolute atomic E-state index is 0.404. The highest BCUT2D eigenvalue weighted by molar-refractivity contribution is 4.47. The molecule has 0 saturated carbocycles. The maximum absolute atomic E-state index is 5.39. The summed E-state index contributed by atoms with van der Waals surface area (Å²) in [6.07, 6.45) is 14.2. The Hall–Kier alpha value is -0.0400. The van der Waals surface area contributed by atoms with Gasteiger partial charge in [0.2, 0.25) is 0 Å². The standard InChI is InChI=1S/C10H22.C9H20O/c1-4-5-6-7-8-9-10(2)3;1-4-5-6-7-8-10-9(2)3/h10H,4-9H2,1-3H3;9H,4-8H2,1-3H3. The molecule has 0 aromatic rings. The van der Waals surface area contributed by atoms with E-state index in [0.717, 1.165) is 12.5 Å². The minimum Gasteiger partial charge on any atom is -0.379 e. The van der Waals surface area contributed by atoms with E-state index < -0.39 is 0 Å². The van der Waals surface area contributed by atoms with Crippen LogP contribution in [0.25, 0.3) is 0 Å². The molecule has 0 saturated heterocycles. The van der Waals surface area contributed by atoms with Crippen molar-refractivity contribution in [2.75, 3.05) is 6.61 Å². The van der Waals surface area contributed by atoms with E-state index in [1.807, 2.05) is 0 Å². The Morgan fingerprint density at radius 3 is 1.60 bits per heavy atom. The van der Waals surface area contributed by atoms with E-state index in [9.17, 15) is 0 Å². The lowest BCUT2D eigenvalue weighted by atomic mass is 10.0. The molecule has 0 aliphatic heterocycles. The highest BCUT2D eigenvalue weighted by Crippen LogP contribution is 2.09. The van der Waals surface area contributed by atoms with Crippen LogP contribution in [-0.2, 0) is 4.74 Å². The van der Waals surface area contributed by atoms with Crippen LogP contribution in [0.5, 0.6) is 0 Å². The first-order valence-electron chi connectivity index (χ1n) is 9.16. The zero-order valence-corrected chi connectivity index (χ0v) is 15.3. The van der Waals surface area contributed by atoms with Gasteiger partial charge in [0.1, 0.15) is 0 Å². The maximum atomic E-state index is 5.39. The van der Waals surface area contributed by atoms with Crippen molar-refractivity contribution in [3.63, 3.8) is 0 Å². The summed E-state index contributed by atoms with van der Waals surface area (Å²) in [7, 11) is 0. The molecule has 1 nitrogen and oxygen atoms in total. The molecule has 0 amide bonds. The Kier molecular flexibility index (Phi) is 21.1. The zero-order chi connectivity index (χ0) is 15.6. The zero-order valence-electron chi connectivity index (χ0n) is 15.3. The molecule has 0 spiro atoms. The predicted octanol–water partition coefficient (Wildman–Crippen LogP) is 6.99. The molecule has 20 heavy (non-hydrogen) atoms. The van der Waals surface area contributed by atoms with Gasteiger partial charge in [-0.3, -0.25) is 0 Å². The highest BCUT2D eigenvalue weighted by Gasteiger charge is 1.93. The number of hydrogen-bond donors (Lipinski definition) is 0. The average Bonchev–Trinajstić information content (AvgIpc) is 2.38. The van der Waals surface area contributed by atoms with Crippen LogP contribution in [0, 0.1) is 5.92 Å². The lowest BCUT2D eigenvalue weighted by Gasteiger charge is -2.05. The largest absolute Gasteiger partial charge is 0.379 e. The van der Waals surface area contributed by atoms with Crippen molar-refractivity contribution in [1.82, 2.24) is 0 Å². The fourth-order valence-electron chi connectivity index (χ4n) is 2.00. The highest BCUT2D eigenvalue weighted by atomic mass is 16.5. The summed E-state index contributed by atoms with van der Waals surface area (Å²) in [5, 5.41) is 0. The number of ether oxygens (including phenoxy) is 1. The van der Waals surface area contributed by atoms with Crippen molar-refractivity contribution < 1.29 is 4.74 Å². The molecule has 0 aliphatic rings. The lowest BCUT2D eigenvalue weighted by molar-refractivity contribution is 0.0757. The van der Waals surface area contributed by atoms with E-state index in [1.165, 1.54) is 64.2 Å². The fraction of sp³-hybridized carbons (Fsp3) is 1.00. The Morgan fingerprint density at radius 1 is 0.650 bits per heavy atom. The number of hydrogen-bond acceptors (Lipinski definition) is 1. The quantitative estimate of drug-likeness (QED) is 0.351. The second-order valence-corrected chi connectivity index (χ2v) is 6.58. The molecule has 124 valence electrons. The van der Waals surface area contributed by atoms with Gasteiger partial charge in [-0.05, 0) is 26.2 Å². The van der Waals surface area contributed by atoms with Gasteiger partial charge in [0.15, 0.2) is 0 Å². The first kappa shape index (κ1) is 22.2. The molecule has 0 unspecified atom stereocenters. The Balaban J connectivity index is 0. The van der Waals surface area contributed by atoms with E-state index in [4.69, 9.17) is 4.74 Å².